The summed E-state index contributed by atoms with van der Waals surface area (Å²) >= 11 is 0. The fourth-order valence-corrected chi connectivity index (χ4v) is 2.49. The third-order valence-electron chi connectivity index (χ3n) is 4.18. The highest BCUT2D eigenvalue weighted by Crippen LogP contribution is 2.40. The minimum Gasteiger partial charge on any atom is -0.388 e. The summed E-state index contributed by atoms with van der Waals surface area (Å²) in [6.45, 7) is 1.85. The Labute approximate surface area is 102 Å². The molecule has 1 aliphatic heterocycles. The number of nitrogens with two attached hydrogens (primary N) is 1. The van der Waals surface area contributed by atoms with E-state index in [2.05, 4.69) is 5.32 Å². The van der Waals surface area contributed by atoms with Gasteiger partial charge in [0.2, 0.25) is 5.91 Å². The standard InChI is InChI=1S/C12H22N2O3/c13-8-11(2-1-3-11)10(15)14-9-12(16)4-6-17-7-5-12/h16H,1-9,13H2,(H,14,15). The predicted molar refractivity (Wildman–Crippen MR) is 63.4 cm³/mol. The first kappa shape index (κ1) is 12.8. The van der Waals surface area contributed by atoms with Gasteiger partial charge in [0.25, 0.3) is 0 Å². The zero-order valence-corrected chi connectivity index (χ0v) is 10.2. The molecular formula is C12H22N2O3. The van der Waals surface area contributed by atoms with Crippen LogP contribution < -0.4 is 11.1 Å². The number of amides is 1. The van der Waals surface area contributed by atoms with Gasteiger partial charge in [0.1, 0.15) is 0 Å². The van der Waals surface area contributed by atoms with Crippen LogP contribution in [0.2, 0.25) is 0 Å². The molecule has 0 aromatic heterocycles. The normalized spacial score (nSPS) is 26.0. The molecule has 2 fully saturated rings. The molecule has 1 saturated carbocycles. The van der Waals surface area contributed by atoms with Crippen LogP contribution in [0.4, 0.5) is 0 Å². The van der Waals surface area contributed by atoms with Crippen LogP contribution in [0.1, 0.15) is 32.1 Å². The van der Waals surface area contributed by atoms with Crippen molar-refractivity contribution in [2.24, 2.45) is 11.1 Å². The zero-order chi connectivity index (χ0) is 12.4. The lowest BCUT2D eigenvalue weighted by molar-refractivity contribution is -0.137. The van der Waals surface area contributed by atoms with Crippen LogP contribution >= 0.6 is 0 Å². The smallest absolute Gasteiger partial charge is 0.227 e. The van der Waals surface area contributed by atoms with Crippen molar-refractivity contribution < 1.29 is 14.6 Å². The van der Waals surface area contributed by atoms with Gasteiger partial charge in [-0.1, -0.05) is 6.42 Å². The summed E-state index contributed by atoms with van der Waals surface area (Å²) in [6, 6.07) is 0. The molecule has 2 rings (SSSR count). The first-order valence-corrected chi connectivity index (χ1v) is 6.39. The van der Waals surface area contributed by atoms with Gasteiger partial charge in [-0.2, -0.15) is 0 Å². The quantitative estimate of drug-likeness (QED) is 0.636. The summed E-state index contributed by atoms with van der Waals surface area (Å²) in [5, 5.41) is 13.1. The van der Waals surface area contributed by atoms with Gasteiger partial charge in [-0.05, 0) is 12.8 Å². The lowest BCUT2D eigenvalue weighted by Gasteiger charge is -2.40. The van der Waals surface area contributed by atoms with Crippen LogP contribution in [0.25, 0.3) is 0 Å². The van der Waals surface area contributed by atoms with Gasteiger partial charge in [0, 0.05) is 39.1 Å². The Morgan fingerprint density at radius 2 is 1.94 bits per heavy atom. The third kappa shape index (κ3) is 2.61. The number of carbonyl (C=O) groups excluding carboxylic acids is 1. The van der Waals surface area contributed by atoms with Gasteiger partial charge in [-0.15, -0.1) is 0 Å². The molecule has 0 atom stereocenters. The molecule has 0 radical (unpaired) electrons. The Kier molecular flexibility index (Phi) is 3.70. The molecule has 1 heterocycles. The zero-order valence-electron chi connectivity index (χ0n) is 10.2. The Hall–Kier alpha value is -0.650. The summed E-state index contributed by atoms with van der Waals surface area (Å²) in [6.07, 6.45) is 3.99. The van der Waals surface area contributed by atoms with Crippen LogP contribution in [0.3, 0.4) is 0 Å². The molecule has 5 nitrogen and oxygen atoms in total. The number of rotatable bonds is 4. The molecule has 4 N–H and O–H groups in total. The predicted octanol–water partition coefficient (Wildman–Crippen LogP) is -0.227. The average Bonchev–Trinajstić information content (AvgIpc) is 2.27. The van der Waals surface area contributed by atoms with Crippen LogP contribution in [-0.2, 0) is 9.53 Å². The molecule has 1 amide bonds. The van der Waals surface area contributed by atoms with E-state index in [9.17, 15) is 9.90 Å². The maximum absolute atomic E-state index is 12.0. The summed E-state index contributed by atoms with van der Waals surface area (Å²) in [4.78, 5) is 12.0. The fraction of sp³-hybridized carbons (Fsp3) is 0.917. The SMILES string of the molecule is NCC1(C(=O)NCC2(O)CCOCC2)CCC1. The Balaban J connectivity index is 1.83. The van der Waals surface area contributed by atoms with Gasteiger partial charge < -0.3 is 20.9 Å². The molecule has 17 heavy (non-hydrogen) atoms. The van der Waals surface area contributed by atoms with Crippen molar-refractivity contribution in [2.45, 2.75) is 37.7 Å². The molecule has 0 bridgehead atoms. The number of hydrogen-bond donors (Lipinski definition) is 3. The van der Waals surface area contributed by atoms with Gasteiger partial charge in [-0.25, -0.2) is 0 Å². The minimum absolute atomic E-state index is 0.00571. The van der Waals surface area contributed by atoms with E-state index in [0.717, 1.165) is 19.3 Å². The highest BCUT2D eigenvalue weighted by molar-refractivity contribution is 5.83. The topological polar surface area (TPSA) is 84.6 Å². The molecule has 0 aromatic rings. The number of nitrogens with one attached hydrogen (secondary N) is 1. The largest absolute Gasteiger partial charge is 0.388 e. The van der Waals surface area contributed by atoms with E-state index in [0.29, 0.717) is 39.1 Å². The first-order chi connectivity index (χ1) is 8.10. The maximum Gasteiger partial charge on any atom is 0.227 e. The Bertz CT molecular complexity index is 278. The minimum atomic E-state index is -0.798. The van der Waals surface area contributed by atoms with Gasteiger partial charge in [0.15, 0.2) is 0 Å². The van der Waals surface area contributed by atoms with Crippen molar-refractivity contribution in [3.8, 4) is 0 Å². The fourth-order valence-electron chi connectivity index (χ4n) is 2.49. The van der Waals surface area contributed by atoms with Crippen molar-refractivity contribution >= 4 is 5.91 Å². The van der Waals surface area contributed by atoms with Crippen molar-refractivity contribution in [1.29, 1.82) is 0 Å². The van der Waals surface area contributed by atoms with Crippen LogP contribution in [0.15, 0.2) is 0 Å². The second kappa shape index (κ2) is 4.92. The van der Waals surface area contributed by atoms with Crippen LogP contribution in [0, 0.1) is 5.41 Å². The molecule has 2 aliphatic rings. The van der Waals surface area contributed by atoms with E-state index >= 15 is 0 Å². The lowest BCUT2D eigenvalue weighted by Crippen LogP contribution is -2.54. The molecule has 5 heteroatoms. The lowest BCUT2D eigenvalue weighted by atomic mass is 9.68. The molecular weight excluding hydrogens is 220 g/mol. The van der Waals surface area contributed by atoms with Crippen LogP contribution in [-0.4, -0.2) is 42.9 Å². The summed E-state index contributed by atoms with van der Waals surface area (Å²) in [5.41, 5.74) is 4.51. The molecule has 1 aliphatic carbocycles. The number of aliphatic hydroxyl groups is 1. The highest BCUT2D eigenvalue weighted by Gasteiger charge is 2.43. The summed E-state index contributed by atoms with van der Waals surface area (Å²) in [5.74, 6) is 0.00571. The summed E-state index contributed by atoms with van der Waals surface area (Å²) in [7, 11) is 0. The van der Waals surface area contributed by atoms with Crippen molar-refractivity contribution in [3.05, 3.63) is 0 Å². The number of hydrogen-bond acceptors (Lipinski definition) is 4. The Morgan fingerprint density at radius 3 is 2.41 bits per heavy atom. The molecule has 0 unspecified atom stereocenters. The monoisotopic (exact) mass is 242 g/mol. The second-order valence-electron chi connectivity index (χ2n) is 5.36. The van der Waals surface area contributed by atoms with E-state index < -0.39 is 5.60 Å². The van der Waals surface area contributed by atoms with E-state index in [1.165, 1.54) is 0 Å². The molecule has 0 spiro atoms. The van der Waals surface area contributed by atoms with Gasteiger partial charge in [-0.3, -0.25) is 4.79 Å². The van der Waals surface area contributed by atoms with E-state index in [1.807, 2.05) is 0 Å². The second-order valence-corrected chi connectivity index (χ2v) is 5.36. The van der Waals surface area contributed by atoms with E-state index in [-0.39, 0.29) is 11.3 Å². The van der Waals surface area contributed by atoms with Gasteiger partial charge >= 0.3 is 0 Å². The van der Waals surface area contributed by atoms with Crippen LogP contribution in [0.5, 0.6) is 0 Å². The maximum atomic E-state index is 12.0. The molecule has 1 saturated heterocycles. The summed E-state index contributed by atoms with van der Waals surface area (Å²) < 4.78 is 5.20. The number of carbonyl (C=O) groups is 1. The highest BCUT2D eigenvalue weighted by atomic mass is 16.5. The van der Waals surface area contributed by atoms with Crippen molar-refractivity contribution in [3.63, 3.8) is 0 Å². The van der Waals surface area contributed by atoms with E-state index in [1.54, 1.807) is 0 Å². The average molecular weight is 242 g/mol. The third-order valence-corrected chi connectivity index (χ3v) is 4.18. The van der Waals surface area contributed by atoms with E-state index in [4.69, 9.17) is 10.5 Å². The van der Waals surface area contributed by atoms with Gasteiger partial charge in [0.05, 0.1) is 11.0 Å². The van der Waals surface area contributed by atoms with Crippen molar-refractivity contribution in [1.82, 2.24) is 5.32 Å². The number of ether oxygens (including phenoxy) is 1. The Morgan fingerprint density at radius 1 is 1.29 bits per heavy atom. The molecule has 98 valence electrons. The molecule has 0 aromatic carbocycles. The first-order valence-electron chi connectivity index (χ1n) is 6.39. The van der Waals surface area contributed by atoms with Crippen molar-refractivity contribution in [2.75, 3.05) is 26.3 Å².